The van der Waals surface area contributed by atoms with E-state index in [1.165, 1.54) is 0 Å². The Labute approximate surface area is 68.2 Å². The normalized spacial score (nSPS) is 31.5. The number of hydrogen-bond acceptors (Lipinski definition) is 2. The summed E-state index contributed by atoms with van der Waals surface area (Å²) in [5, 5.41) is 0. The largest absolute Gasteiger partial charge is 0.493 e. The fourth-order valence-electron chi connectivity index (χ4n) is 1.23. The first kappa shape index (κ1) is 8.60. The van der Waals surface area contributed by atoms with Crippen molar-refractivity contribution in [3.8, 4) is 0 Å². The summed E-state index contributed by atoms with van der Waals surface area (Å²) < 4.78 is 10.8. The molecule has 2 heteroatoms. The van der Waals surface area contributed by atoms with E-state index in [-0.39, 0.29) is 6.10 Å². The topological polar surface area (TPSA) is 18.5 Å². The van der Waals surface area contributed by atoms with E-state index in [0.29, 0.717) is 12.5 Å². The zero-order valence-corrected chi connectivity index (χ0v) is 7.30. The minimum atomic E-state index is 0.223. The molecule has 1 saturated heterocycles. The lowest BCUT2D eigenvalue weighted by atomic mass is 10.00. The van der Waals surface area contributed by atoms with Gasteiger partial charge in [0.05, 0.1) is 12.4 Å². The molecule has 0 spiro atoms. The molecule has 11 heavy (non-hydrogen) atoms. The number of allylic oxidation sites excluding steroid dienone is 1. The second-order valence-corrected chi connectivity index (χ2v) is 3.20. The van der Waals surface area contributed by atoms with Crippen LogP contribution in [0.5, 0.6) is 0 Å². The molecular weight excluding hydrogens is 140 g/mol. The molecule has 0 aromatic rings. The lowest BCUT2D eigenvalue weighted by molar-refractivity contribution is -0.0534. The van der Waals surface area contributed by atoms with Crippen LogP contribution < -0.4 is 0 Å². The van der Waals surface area contributed by atoms with Crippen molar-refractivity contribution in [2.75, 3.05) is 13.2 Å². The number of hydrogen-bond donors (Lipinski definition) is 0. The van der Waals surface area contributed by atoms with Crippen molar-refractivity contribution in [1.82, 2.24) is 0 Å². The van der Waals surface area contributed by atoms with Gasteiger partial charge in [-0.05, 0) is 19.3 Å². The number of rotatable bonds is 2. The lowest BCUT2D eigenvalue weighted by Crippen LogP contribution is -2.32. The fourth-order valence-corrected chi connectivity index (χ4v) is 1.23. The van der Waals surface area contributed by atoms with E-state index in [0.717, 1.165) is 18.8 Å². The summed E-state index contributed by atoms with van der Waals surface area (Å²) in [6.07, 6.45) is 1.32. The predicted molar refractivity (Wildman–Crippen MR) is 44.3 cm³/mol. The summed E-state index contributed by atoms with van der Waals surface area (Å²) in [5.41, 5.74) is 0. The fraction of sp³-hybridized carbons (Fsp3) is 0.778. The molecule has 0 N–H and O–H groups in total. The highest BCUT2D eigenvalue weighted by Crippen LogP contribution is 2.19. The first-order valence-corrected chi connectivity index (χ1v) is 4.10. The first-order chi connectivity index (χ1) is 5.20. The van der Waals surface area contributed by atoms with Crippen LogP contribution in [0.1, 0.15) is 20.3 Å². The minimum Gasteiger partial charge on any atom is -0.493 e. The Morgan fingerprint density at radius 2 is 2.36 bits per heavy atom. The van der Waals surface area contributed by atoms with Gasteiger partial charge in [0.25, 0.3) is 0 Å². The van der Waals surface area contributed by atoms with Gasteiger partial charge < -0.3 is 9.47 Å². The summed E-state index contributed by atoms with van der Waals surface area (Å²) in [7, 11) is 0. The van der Waals surface area contributed by atoms with Crippen molar-refractivity contribution in [3.05, 3.63) is 12.3 Å². The quantitative estimate of drug-likeness (QED) is 0.569. The van der Waals surface area contributed by atoms with E-state index in [4.69, 9.17) is 9.47 Å². The van der Waals surface area contributed by atoms with Gasteiger partial charge in [-0.2, -0.15) is 0 Å². The summed E-state index contributed by atoms with van der Waals surface area (Å²) >= 11 is 0. The van der Waals surface area contributed by atoms with Crippen LogP contribution in [0.15, 0.2) is 12.3 Å². The van der Waals surface area contributed by atoms with Crippen LogP contribution in [0.4, 0.5) is 0 Å². The Hall–Kier alpha value is -0.500. The monoisotopic (exact) mass is 156 g/mol. The molecule has 2 atom stereocenters. The second kappa shape index (κ2) is 3.77. The maximum atomic E-state index is 5.48. The molecule has 2 unspecified atom stereocenters. The van der Waals surface area contributed by atoms with E-state index in [1.54, 1.807) is 0 Å². The molecule has 1 aliphatic heterocycles. The maximum Gasteiger partial charge on any atom is 0.124 e. The van der Waals surface area contributed by atoms with Gasteiger partial charge in [0.1, 0.15) is 6.10 Å². The van der Waals surface area contributed by atoms with E-state index in [9.17, 15) is 0 Å². The van der Waals surface area contributed by atoms with Gasteiger partial charge in [-0.3, -0.25) is 0 Å². The molecule has 1 aliphatic rings. The van der Waals surface area contributed by atoms with Gasteiger partial charge >= 0.3 is 0 Å². The van der Waals surface area contributed by atoms with Gasteiger partial charge in [0.2, 0.25) is 0 Å². The number of ether oxygens (including phenoxy) is 2. The molecule has 0 saturated carbocycles. The third-order valence-corrected chi connectivity index (χ3v) is 1.99. The maximum absolute atomic E-state index is 5.48. The Balaban J connectivity index is 2.35. The molecule has 0 aliphatic carbocycles. The lowest BCUT2D eigenvalue weighted by Gasteiger charge is -2.29. The molecule has 0 radical (unpaired) electrons. The summed E-state index contributed by atoms with van der Waals surface area (Å²) in [4.78, 5) is 0. The Bertz CT molecular complexity index is 142. The van der Waals surface area contributed by atoms with Crippen LogP contribution >= 0.6 is 0 Å². The highest BCUT2D eigenvalue weighted by molar-refractivity contribution is 4.80. The van der Waals surface area contributed by atoms with E-state index >= 15 is 0 Å². The second-order valence-electron chi connectivity index (χ2n) is 3.20. The predicted octanol–water partition coefficient (Wildman–Crippen LogP) is 1.96. The average Bonchev–Trinajstić information content (AvgIpc) is 1.93. The third kappa shape index (κ3) is 2.54. The average molecular weight is 156 g/mol. The van der Waals surface area contributed by atoms with Crippen LogP contribution in [0.2, 0.25) is 0 Å². The molecule has 0 aromatic heterocycles. The highest BCUT2D eigenvalue weighted by atomic mass is 16.5. The zero-order chi connectivity index (χ0) is 8.27. The SMILES string of the molecule is C=C(C)OC1COCCC1C. The molecule has 64 valence electrons. The van der Waals surface area contributed by atoms with Crippen LogP contribution in [0.25, 0.3) is 0 Å². The van der Waals surface area contributed by atoms with Gasteiger partial charge in [0.15, 0.2) is 0 Å². The van der Waals surface area contributed by atoms with Crippen molar-refractivity contribution in [3.63, 3.8) is 0 Å². The van der Waals surface area contributed by atoms with Gasteiger partial charge in [0, 0.05) is 6.61 Å². The van der Waals surface area contributed by atoms with Crippen molar-refractivity contribution < 1.29 is 9.47 Å². The van der Waals surface area contributed by atoms with Crippen LogP contribution in [0.3, 0.4) is 0 Å². The molecule has 0 amide bonds. The Morgan fingerprint density at radius 3 is 2.91 bits per heavy atom. The molecule has 1 fully saturated rings. The van der Waals surface area contributed by atoms with Gasteiger partial charge in [-0.15, -0.1) is 0 Å². The van der Waals surface area contributed by atoms with Crippen molar-refractivity contribution in [2.24, 2.45) is 5.92 Å². The van der Waals surface area contributed by atoms with Gasteiger partial charge in [-0.1, -0.05) is 13.5 Å². The summed E-state index contributed by atoms with van der Waals surface area (Å²) in [6, 6.07) is 0. The third-order valence-electron chi connectivity index (χ3n) is 1.99. The summed E-state index contributed by atoms with van der Waals surface area (Å²) in [6.45, 7) is 9.36. The molecule has 2 nitrogen and oxygen atoms in total. The van der Waals surface area contributed by atoms with Crippen LogP contribution in [-0.4, -0.2) is 19.3 Å². The van der Waals surface area contributed by atoms with Crippen molar-refractivity contribution in [1.29, 1.82) is 0 Å². The molecule has 1 heterocycles. The van der Waals surface area contributed by atoms with Crippen molar-refractivity contribution in [2.45, 2.75) is 26.4 Å². The van der Waals surface area contributed by atoms with E-state index < -0.39 is 0 Å². The van der Waals surface area contributed by atoms with E-state index in [2.05, 4.69) is 13.5 Å². The Kier molecular flexibility index (Phi) is 2.94. The summed E-state index contributed by atoms with van der Waals surface area (Å²) in [5.74, 6) is 1.38. The van der Waals surface area contributed by atoms with Crippen molar-refractivity contribution >= 4 is 0 Å². The van der Waals surface area contributed by atoms with Crippen LogP contribution in [0, 0.1) is 5.92 Å². The molecule has 0 aromatic carbocycles. The highest BCUT2D eigenvalue weighted by Gasteiger charge is 2.22. The standard InChI is InChI=1S/C9H16O2/c1-7(2)11-9-6-10-5-4-8(9)3/h8-9H,1,4-6H2,2-3H3. The van der Waals surface area contributed by atoms with Gasteiger partial charge in [-0.25, -0.2) is 0 Å². The molecular formula is C9H16O2. The Morgan fingerprint density at radius 1 is 1.64 bits per heavy atom. The minimum absolute atomic E-state index is 0.223. The molecule has 1 rings (SSSR count). The molecule has 0 bridgehead atoms. The van der Waals surface area contributed by atoms with Crippen LogP contribution in [-0.2, 0) is 9.47 Å². The smallest absolute Gasteiger partial charge is 0.124 e. The van der Waals surface area contributed by atoms with E-state index in [1.807, 2.05) is 6.92 Å². The first-order valence-electron chi connectivity index (χ1n) is 4.10. The zero-order valence-electron chi connectivity index (χ0n) is 7.30.